The molecule has 0 atom stereocenters. The largest absolute Gasteiger partial charge is 0.490 e. The lowest BCUT2D eigenvalue weighted by Gasteiger charge is -2.16. The van der Waals surface area contributed by atoms with E-state index in [1.54, 1.807) is 12.1 Å². The number of rotatable bonds is 9. The van der Waals surface area contributed by atoms with E-state index in [4.69, 9.17) is 32.7 Å². The first-order valence-electron chi connectivity index (χ1n) is 9.46. The fourth-order valence-electron chi connectivity index (χ4n) is 2.83. The molecule has 3 aromatic rings. The lowest BCUT2D eigenvalue weighted by atomic mass is 10.1. The maximum Gasteiger partial charge on any atom is 0.337 e. The van der Waals surface area contributed by atoms with Crippen molar-refractivity contribution in [1.29, 1.82) is 0 Å². The van der Waals surface area contributed by atoms with Crippen LogP contribution in [-0.4, -0.2) is 17.7 Å². The summed E-state index contributed by atoms with van der Waals surface area (Å²) in [6.45, 7) is 3.22. The molecule has 0 fully saturated rings. The van der Waals surface area contributed by atoms with Gasteiger partial charge >= 0.3 is 5.97 Å². The first-order valence-corrected chi connectivity index (χ1v) is 11.0. The molecule has 2 N–H and O–H groups in total. The van der Waals surface area contributed by atoms with Crippen LogP contribution in [0.4, 0.5) is 5.69 Å². The van der Waals surface area contributed by atoms with Gasteiger partial charge in [-0.25, -0.2) is 4.79 Å². The number of anilines is 1. The van der Waals surface area contributed by atoms with Crippen molar-refractivity contribution in [3.63, 3.8) is 0 Å². The van der Waals surface area contributed by atoms with E-state index in [1.165, 1.54) is 6.07 Å². The van der Waals surface area contributed by atoms with Crippen molar-refractivity contribution in [2.24, 2.45) is 0 Å². The van der Waals surface area contributed by atoms with Gasteiger partial charge in [-0.3, -0.25) is 0 Å². The standard InChI is InChI=1S/C23H20BrCl2NO4/c1-2-30-21-9-15(12-27-17-7-8-20(26)18(10-17)23(28)29)19(24)11-22(21)31-13-14-3-5-16(25)6-4-14/h3-11,27H,2,12-13H2,1H3,(H,28,29). The Bertz CT molecular complexity index is 1070. The number of carboxylic acid groups (broad SMARTS) is 1. The lowest BCUT2D eigenvalue weighted by molar-refractivity contribution is 0.0697. The predicted octanol–water partition coefficient (Wildman–Crippen LogP) is 7.04. The monoisotopic (exact) mass is 523 g/mol. The zero-order chi connectivity index (χ0) is 22.4. The van der Waals surface area contributed by atoms with Gasteiger partial charge in [-0.15, -0.1) is 0 Å². The smallest absolute Gasteiger partial charge is 0.337 e. The van der Waals surface area contributed by atoms with Crippen molar-refractivity contribution in [1.82, 2.24) is 0 Å². The quantitative estimate of drug-likeness (QED) is 0.314. The van der Waals surface area contributed by atoms with Crippen LogP contribution >= 0.6 is 39.1 Å². The Morgan fingerprint density at radius 1 is 1.03 bits per heavy atom. The molecule has 3 aromatic carbocycles. The van der Waals surface area contributed by atoms with E-state index in [9.17, 15) is 9.90 Å². The summed E-state index contributed by atoms with van der Waals surface area (Å²) in [6, 6.07) is 16.0. The van der Waals surface area contributed by atoms with Gasteiger partial charge in [-0.1, -0.05) is 51.3 Å². The third kappa shape index (κ3) is 6.29. The van der Waals surface area contributed by atoms with Crippen LogP contribution in [0.1, 0.15) is 28.4 Å². The van der Waals surface area contributed by atoms with Crippen LogP contribution < -0.4 is 14.8 Å². The van der Waals surface area contributed by atoms with Crippen LogP contribution in [0.5, 0.6) is 11.5 Å². The van der Waals surface area contributed by atoms with E-state index >= 15 is 0 Å². The Labute approximate surface area is 199 Å². The topological polar surface area (TPSA) is 67.8 Å². The van der Waals surface area contributed by atoms with E-state index in [1.807, 2.05) is 43.3 Å². The molecule has 0 heterocycles. The van der Waals surface area contributed by atoms with Gasteiger partial charge in [0.15, 0.2) is 11.5 Å². The molecule has 0 saturated carbocycles. The number of hydrogen-bond acceptors (Lipinski definition) is 4. The Morgan fingerprint density at radius 3 is 2.42 bits per heavy atom. The SMILES string of the molecule is CCOc1cc(CNc2ccc(Cl)c(C(=O)O)c2)c(Br)cc1OCc1ccc(Cl)cc1. The van der Waals surface area contributed by atoms with Gasteiger partial charge in [0.1, 0.15) is 6.61 Å². The second-order valence-corrected chi connectivity index (χ2v) is 8.29. The molecular weight excluding hydrogens is 505 g/mol. The zero-order valence-electron chi connectivity index (χ0n) is 16.6. The van der Waals surface area contributed by atoms with E-state index in [-0.39, 0.29) is 10.6 Å². The fraction of sp³-hybridized carbons (Fsp3) is 0.174. The Morgan fingerprint density at radius 2 is 1.74 bits per heavy atom. The normalized spacial score (nSPS) is 10.6. The van der Waals surface area contributed by atoms with E-state index in [2.05, 4.69) is 21.2 Å². The number of ether oxygens (including phenoxy) is 2. The molecule has 0 unspecified atom stereocenters. The Balaban J connectivity index is 1.75. The van der Waals surface area contributed by atoms with Gasteiger partial charge in [0.2, 0.25) is 0 Å². The highest BCUT2D eigenvalue weighted by molar-refractivity contribution is 9.10. The van der Waals surface area contributed by atoms with Crippen molar-refractivity contribution in [3.05, 3.63) is 85.8 Å². The molecule has 0 spiro atoms. The van der Waals surface area contributed by atoms with Crippen molar-refractivity contribution in [3.8, 4) is 11.5 Å². The highest BCUT2D eigenvalue weighted by Crippen LogP contribution is 2.35. The summed E-state index contributed by atoms with van der Waals surface area (Å²) >= 11 is 15.4. The summed E-state index contributed by atoms with van der Waals surface area (Å²) in [7, 11) is 0. The molecule has 0 amide bonds. The molecule has 3 rings (SSSR count). The molecule has 0 radical (unpaired) electrons. The molecule has 0 aliphatic carbocycles. The molecule has 31 heavy (non-hydrogen) atoms. The first-order chi connectivity index (χ1) is 14.9. The number of aromatic carboxylic acids is 1. The fourth-order valence-corrected chi connectivity index (χ4v) is 3.62. The number of benzene rings is 3. The molecular formula is C23H20BrCl2NO4. The van der Waals surface area contributed by atoms with Crippen LogP contribution in [0.2, 0.25) is 10.0 Å². The second kappa shape index (κ2) is 10.8. The second-order valence-electron chi connectivity index (χ2n) is 6.59. The first kappa shape index (κ1) is 23.3. The zero-order valence-corrected chi connectivity index (χ0v) is 19.7. The van der Waals surface area contributed by atoms with Crippen LogP contribution in [0.3, 0.4) is 0 Å². The van der Waals surface area contributed by atoms with Gasteiger partial charge in [0.25, 0.3) is 0 Å². The van der Waals surface area contributed by atoms with E-state index < -0.39 is 5.97 Å². The molecule has 8 heteroatoms. The molecule has 0 bridgehead atoms. The van der Waals surface area contributed by atoms with E-state index in [0.717, 1.165) is 15.6 Å². The van der Waals surface area contributed by atoms with Gasteiger partial charge in [0, 0.05) is 21.7 Å². The molecule has 162 valence electrons. The van der Waals surface area contributed by atoms with Crippen LogP contribution in [0.25, 0.3) is 0 Å². The summed E-state index contributed by atoms with van der Waals surface area (Å²) in [6.07, 6.45) is 0. The number of nitrogens with one attached hydrogen (secondary N) is 1. The minimum absolute atomic E-state index is 0.0479. The van der Waals surface area contributed by atoms with Gasteiger partial charge in [-0.05, 0) is 60.5 Å². The van der Waals surface area contributed by atoms with Crippen molar-refractivity contribution in [2.45, 2.75) is 20.1 Å². The minimum Gasteiger partial charge on any atom is -0.490 e. The predicted molar refractivity (Wildman–Crippen MR) is 127 cm³/mol. The van der Waals surface area contributed by atoms with Crippen molar-refractivity contribution in [2.75, 3.05) is 11.9 Å². The Hall–Kier alpha value is -2.41. The van der Waals surface area contributed by atoms with Crippen LogP contribution in [-0.2, 0) is 13.2 Å². The third-order valence-electron chi connectivity index (χ3n) is 4.40. The highest BCUT2D eigenvalue weighted by Gasteiger charge is 2.13. The maximum absolute atomic E-state index is 11.3. The summed E-state index contributed by atoms with van der Waals surface area (Å²) in [5.41, 5.74) is 2.61. The van der Waals surface area contributed by atoms with Crippen LogP contribution in [0, 0.1) is 0 Å². The van der Waals surface area contributed by atoms with Crippen molar-refractivity contribution >= 4 is 50.8 Å². The highest BCUT2D eigenvalue weighted by atomic mass is 79.9. The lowest BCUT2D eigenvalue weighted by Crippen LogP contribution is -2.05. The molecule has 0 aliphatic rings. The number of carbonyl (C=O) groups is 1. The minimum atomic E-state index is -1.07. The molecule has 0 saturated heterocycles. The maximum atomic E-state index is 11.3. The van der Waals surface area contributed by atoms with Gasteiger partial charge in [0.05, 0.1) is 17.2 Å². The molecule has 0 aromatic heterocycles. The third-order valence-corrected chi connectivity index (χ3v) is 5.72. The van der Waals surface area contributed by atoms with Gasteiger partial charge < -0.3 is 19.9 Å². The van der Waals surface area contributed by atoms with E-state index in [0.29, 0.717) is 42.0 Å². The average Bonchev–Trinajstić information content (AvgIpc) is 2.74. The number of carboxylic acids is 1. The van der Waals surface area contributed by atoms with Crippen LogP contribution in [0.15, 0.2) is 59.1 Å². The Kier molecular flexibility index (Phi) is 8.07. The summed E-state index contributed by atoms with van der Waals surface area (Å²) in [4.78, 5) is 11.3. The number of hydrogen-bond donors (Lipinski definition) is 2. The summed E-state index contributed by atoms with van der Waals surface area (Å²) < 4.78 is 12.6. The summed E-state index contributed by atoms with van der Waals surface area (Å²) in [5, 5.41) is 13.3. The van der Waals surface area contributed by atoms with Crippen molar-refractivity contribution < 1.29 is 19.4 Å². The average molecular weight is 525 g/mol. The molecule has 5 nitrogen and oxygen atoms in total. The van der Waals surface area contributed by atoms with Gasteiger partial charge in [-0.2, -0.15) is 0 Å². The number of halogens is 3. The summed E-state index contributed by atoms with van der Waals surface area (Å²) in [5.74, 6) is 0.168. The molecule has 0 aliphatic heterocycles.